The topological polar surface area (TPSA) is 28.7 Å². The predicted octanol–water partition coefficient (Wildman–Crippen LogP) is 2.45. The molecular weight excluding hydrogens is 239 g/mol. The van der Waals surface area contributed by atoms with Gasteiger partial charge in [-0.25, -0.2) is 0 Å². The van der Waals surface area contributed by atoms with Crippen molar-refractivity contribution in [2.24, 2.45) is 0 Å². The highest BCUT2D eigenvalue weighted by atomic mass is 127. The van der Waals surface area contributed by atoms with Crippen LogP contribution in [0, 0.1) is 10.6 Å². The van der Waals surface area contributed by atoms with Crippen LogP contribution >= 0.6 is 22.6 Å². The summed E-state index contributed by atoms with van der Waals surface area (Å²) in [4.78, 5) is 0. The van der Waals surface area contributed by atoms with Crippen LogP contribution in [0.3, 0.4) is 0 Å². The van der Waals surface area contributed by atoms with Crippen molar-refractivity contribution in [3.05, 3.63) is 15.0 Å². The van der Waals surface area contributed by atoms with Gasteiger partial charge in [0.05, 0.1) is 0 Å². The molecular formula is C7H11IN2. The Kier molecular flexibility index (Phi) is 2.33. The minimum Gasteiger partial charge on any atom is -0.281 e. The van der Waals surface area contributed by atoms with Gasteiger partial charge < -0.3 is 0 Å². The van der Waals surface area contributed by atoms with Gasteiger partial charge in [0, 0.05) is 11.3 Å². The molecule has 1 heterocycles. The van der Waals surface area contributed by atoms with Gasteiger partial charge in [-0.3, -0.25) is 5.10 Å². The van der Waals surface area contributed by atoms with Gasteiger partial charge in [0.2, 0.25) is 0 Å². The number of H-pyrrole nitrogens is 1. The van der Waals surface area contributed by atoms with Crippen LogP contribution in [0.15, 0.2) is 0 Å². The average molecular weight is 250 g/mol. The maximum absolute atomic E-state index is 4.10. The molecule has 0 saturated carbocycles. The van der Waals surface area contributed by atoms with E-state index in [2.05, 4.69) is 53.6 Å². The van der Waals surface area contributed by atoms with Crippen LogP contribution in [0.5, 0.6) is 0 Å². The van der Waals surface area contributed by atoms with Crippen LogP contribution in [0.25, 0.3) is 0 Å². The van der Waals surface area contributed by atoms with Crippen molar-refractivity contribution in [2.45, 2.75) is 26.7 Å². The summed E-state index contributed by atoms with van der Waals surface area (Å²) in [6.45, 7) is 6.42. The summed E-state index contributed by atoms with van der Waals surface area (Å²) < 4.78 is 1.10. The molecule has 0 atom stereocenters. The van der Waals surface area contributed by atoms with E-state index < -0.39 is 0 Å². The van der Waals surface area contributed by atoms with E-state index in [0.29, 0.717) is 5.92 Å². The Bertz CT molecular complexity index is 208. The van der Waals surface area contributed by atoms with Crippen molar-refractivity contribution in [1.29, 1.82) is 0 Å². The second-order valence-corrected chi connectivity index (χ2v) is 3.73. The van der Waals surface area contributed by atoms with Crippen molar-refractivity contribution in [1.82, 2.24) is 10.2 Å². The zero-order valence-electron chi connectivity index (χ0n) is 6.40. The Labute approximate surface area is 74.6 Å². The number of aryl methyl sites for hydroxylation is 1. The molecule has 1 aromatic rings. The maximum atomic E-state index is 4.10. The second-order valence-electron chi connectivity index (χ2n) is 2.71. The lowest BCUT2D eigenvalue weighted by Crippen LogP contribution is -1.89. The van der Waals surface area contributed by atoms with Crippen molar-refractivity contribution >= 4 is 22.6 Å². The molecule has 56 valence electrons. The Morgan fingerprint density at radius 1 is 1.50 bits per heavy atom. The summed E-state index contributed by atoms with van der Waals surface area (Å²) in [6, 6.07) is 0. The molecule has 0 saturated heterocycles. The zero-order chi connectivity index (χ0) is 7.72. The van der Waals surface area contributed by atoms with E-state index in [4.69, 9.17) is 0 Å². The summed E-state index contributed by atoms with van der Waals surface area (Å²) in [5.41, 5.74) is 2.54. The Morgan fingerprint density at radius 2 is 2.10 bits per heavy atom. The van der Waals surface area contributed by atoms with E-state index in [1.807, 2.05) is 0 Å². The van der Waals surface area contributed by atoms with Crippen LogP contribution in [0.4, 0.5) is 0 Å². The standard InChI is InChI=1S/C7H11IN2/c1-4(2)6-5(3)9-10-7(6)8/h4H,1-3H3,(H,9,10). The van der Waals surface area contributed by atoms with E-state index >= 15 is 0 Å². The van der Waals surface area contributed by atoms with E-state index in [-0.39, 0.29) is 0 Å². The van der Waals surface area contributed by atoms with E-state index in [9.17, 15) is 0 Å². The molecule has 0 radical (unpaired) electrons. The highest BCUT2D eigenvalue weighted by Crippen LogP contribution is 2.21. The molecule has 0 fully saturated rings. The molecule has 10 heavy (non-hydrogen) atoms. The molecule has 0 amide bonds. The molecule has 0 aromatic carbocycles. The van der Waals surface area contributed by atoms with Gasteiger partial charge in [0.1, 0.15) is 3.70 Å². The third-order valence-electron chi connectivity index (χ3n) is 1.53. The maximum Gasteiger partial charge on any atom is 0.126 e. The number of aromatic amines is 1. The van der Waals surface area contributed by atoms with Crippen LogP contribution in [-0.2, 0) is 0 Å². The van der Waals surface area contributed by atoms with Gasteiger partial charge in [-0.05, 0) is 35.4 Å². The quantitative estimate of drug-likeness (QED) is 0.762. The number of nitrogens with zero attached hydrogens (tertiary/aromatic N) is 1. The third kappa shape index (κ3) is 1.33. The minimum absolute atomic E-state index is 0.575. The first kappa shape index (κ1) is 8.04. The van der Waals surface area contributed by atoms with Gasteiger partial charge in [-0.15, -0.1) is 0 Å². The molecule has 0 aliphatic rings. The summed E-state index contributed by atoms with van der Waals surface area (Å²) in [6.07, 6.45) is 0. The summed E-state index contributed by atoms with van der Waals surface area (Å²) in [5.74, 6) is 0.575. The van der Waals surface area contributed by atoms with Crippen molar-refractivity contribution in [3.8, 4) is 0 Å². The van der Waals surface area contributed by atoms with Crippen LogP contribution in [0.1, 0.15) is 31.0 Å². The van der Waals surface area contributed by atoms with Crippen LogP contribution in [0.2, 0.25) is 0 Å². The minimum atomic E-state index is 0.575. The number of halogens is 1. The zero-order valence-corrected chi connectivity index (χ0v) is 8.56. The molecule has 1 aromatic heterocycles. The highest BCUT2D eigenvalue weighted by Gasteiger charge is 2.09. The predicted molar refractivity (Wildman–Crippen MR) is 50.1 cm³/mol. The van der Waals surface area contributed by atoms with Gasteiger partial charge in [-0.2, -0.15) is 5.10 Å². The normalized spacial score (nSPS) is 10.9. The van der Waals surface area contributed by atoms with E-state index in [1.165, 1.54) is 11.3 Å². The monoisotopic (exact) mass is 250 g/mol. The molecule has 0 spiro atoms. The Hall–Kier alpha value is -0.0600. The first-order chi connectivity index (χ1) is 4.63. The fourth-order valence-electron chi connectivity index (χ4n) is 1.08. The van der Waals surface area contributed by atoms with E-state index in [1.54, 1.807) is 0 Å². The van der Waals surface area contributed by atoms with Crippen molar-refractivity contribution < 1.29 is 0 Å². The Balaban J connectivity index is 3.10. The van der Waals surface area contributed by atoms with Crippen molar-refractivity contribution in [2.75, 3.05) is 0 Å². The van der Waals surface area contributed by atoms with E-state index in [0.717, 1.165) is 3.70 Å². The lowest BCUT2D eigenvalue weighted by atomic mass is 10.1. The average Bonchev–Trinajstić information content (AvgIpc) is 2.11. The molecule has 1 N–H and O–H groups in total. The van der Waals surface area contributed by atoms with Crippen LogP contribution < -0.4 is 0 Å². The molecule has 0 bridgehead atoms. The molecule has 0 unspecified atom stereocenters. The second kappa shape index (κ2) is 2.90. The van der Waals surface area contributed by atoms with Gasteiger partial charge >= 0.3 is 0 Å². The molecule has 1 rings (SSSR count). The first-order valence-electron chi connectivity index (χ1n) is 3.33. The lowest BCUT2D eigenvalue weighted by Gasteiger charge is -2.01. The first-order valence-corrected chi connectivity index (χ1v) is 4.41. The van der Waals surface area contributed by atoms with Crippen LogP contribution in [-0.4, -0.2) is 10.2 Å². The summed E-state index contributed by atoms with van der Waals surface area (Å²) >= 11 is 2.25. The SMILES string of the molecule is Cc1[nH]nc(I)c1C(C)C. The van der Waals surface area contributed by atoms with Crippen molar-refractivity contribution in [3.63, 3.8) is 0 Å². The number of nitrogens with one attached hydrogen (secondary N) is 1. The van der Waals surface area contributed by atoms with Gasteiger partial charge in [0.15, 0.2) is 0 Å². The summed E-state index contributed by atoms with van der Waals surface area (Å²) in [7, 11) is 0. The lowest BCUT2D eigenvalue weighted by molar-refractivity contribution is 0.851. The molecule has 0 aliphatic carbocycles. The molecule has 2 nitrogen and oxygen atoms in total. The molecule has 3 heteroatoms. The van der Waals surface area contributed by atoms with Gasteiger partial charge in [0.25, 0.3) is 0 Å². The largest absolute Gasteiger partial charge is 0.281 e. The number of rotatable bonds is 1. The smallest absolute Gasteiger partial charge is 0.126 e. The molecule has 0 aliphatic heterocycles. The van der Waals surface area contributed by atoms with Gasteiger partial charge in [-0.1, -0.05) is 13.8 Å². The highest BCUT2D eigenvalue weighted by molar-refractivity contribution is 14.1. The fraction of sp³-hybridized carbons (Fsp3) is 0.571. The third-order valence-corrected chi connectivity index (χ3v) is 2.35. The Morgan fingerprint density at radius 3 is 2.30 bits per heavy atom. The fourth-order valence-corrected chi connectivity index (χ4v) is 2.23. The number of aromatic nitrogens is 2. The summed E-state index contributed by atoms with van der Waals surface area (Å²) in [5, 5.41) is 7.06. The number of hydrogen-bond acceptors (Lipinski definition) is 1. The number of hydrogen-bond donors (Lipinski definition) is 1.